The van der Waals surface area contributed by atoms with Crippen LogP contribution in [-0.4, -0.2) is 33.0 Å². The smallest absolute Gasteiger partial charge is 0.343 e. The van der Waals surface area contributed by atoms with E-state index in [9.17, 15) is 9.59 Å². The fraction of sp³-hybridized carbons (Fsp3) is 0.526. The third-order valence-electron chi connectivity index (χ3n) is 4.84. The Balaban J connectivity index is 1.47. The molecule has 0 unspecified atom stereocenters. The molecule has 1 saturated carbocycles. The zero-order valence-electron chi connectivity index (χ0n) is 14.9. The van der Waals surface area contributed by atoms with Crippen LogP contribution < -0.4 is 11.0 Å². The Hall–Kier alpha value is -2.02. The second-order valence-electron chi connectivity index (χ2n) is 6.80. The zero-order chi connectivity index (χ0) is 18.2. The third-order valence-corrected chi connectivity index (χ3v) is 5.81. The Bertz CT molecular complexity index is 750. The van der Waals surface area contributed by atoms with Crippen molar-refractivity contribution in [2.45, 2.75) is 50.2 Å². The summed E-state index contributed by atoms with van der Waals surface area (Å²) >= 11 is 1.31. The summed E-state index contributed by atoms with van der Waals surface area (Å²) in [5.41, 5.74) is 0.938. The van der Waals surface area contributed by atoms with Gasteiger partial charge in [-0.2, -0.15) is 0 Å². The normalized spacial score (nSPS) is 15.1. The lowest BCUT2D eigenvalue weighted by Gasteiger charge is -2.21. The van der Waals surface area contributed by atoms with Crippen LogP contribution in [0.15, 0.2) is 40.3 Å². The molecule has 0 spiro atoms. The zero-order valence-corrected chi connectivity index (χ0v) is 15.8. The fourth-order valence-corrected chi connectivity index (χ4v) is 4.13. The lowest BCUT2D eigenvalue weighted by molar-refractivity contribution is -0.118. The van der Waals surface area contributed by atoms with Gasteiger partial charge >= 0.3 is 5.69 Å². The minimum absolute atomic E-state index is 0.00521. The molecular formula is C19H26N4O2S. The lowest BCUT2D eigenvalue weighted by atomic mass is 9.89. The summed E-state index contributed by atoms with van der Waals surface area (Å²) in [4.78, 5) is 24.1. The Morgan fingerprint density at radius 3 is 2.77 bits per heavy atom. The molecule has 140 valence electrons. The molecule has 3 rings (SSSR count). The predicted molar refractivity (Wildman–Crippen MR) is 103 cm³/mol. The molecule has 1 amide bonds. The van der Waals surface area contributed by atoms with Crippen molar-refractivity contribution in [2.75, 3.05) is 12.3 Å². The molecule has 1 aromatic carbocycles. The number of nitrogens with zero attached hydrogens (tertiary/aromatic N) is 2. The SMILES string of the molecule is O=C(CSc1n[nH]c(=O)n1CCc1ccccc1)NCC1CCCCC1. The summed E-state index contributed by atoms with van der Waals surface area (Å²) in [5.74, 6) is 0.903. The second kappa shape index (κ2) is 9.62. The number of hydrogen-bond acceptors (Lipinski definition) is 4. The molecule has 1 aliphatic rings. The van der Waals surface area contributed by atoms with Crippen LogP contribution in [0.4, 0.5) is 0 Å². The van der Waals surface area contributed by atoms with Gasteiger partial charge in [-0.25, -0.2) is 9.89 Å². The number of H-pyrrole nitrogens is 1. The van der Waals surface area contributed by atoms with Gasteiger partial charge in [0.1, 0.15) is 0 Å². The first-order valence-corrected chi connectivity index (χ1v) is 10.3. The Morgan fingerprint density at radius 1 is 1.23 bits per heavy atom. The van der Waals surface area contributed by atoms with E-state index in [-0.39, 0.29) is 17.3 Å². The minimum atomic E-state index is -0.231. The van der Waals surface area contributed by atoms with Crippen molar-refractivity contribution in [3.8, 4) is 0 Å². The predicted octanol–water partition coefficient (Wildman–Crippen LogP) is 2.60. The van der Waals surface area contributed by atoms with E-state index in [1.54, 1.807) is 4.57 Å². The molecular weight excluding hydrogens is 348 g/mol. The van der Waals surface area contributed by atoms with E-state index in [0.29, 0.717) is 17.6 Å². The number of nitrogens with one attached hydrogen (secondary N) is 2. The quantitative estimate of drug-likeness (QED) is 0.696. The molecule has 1 aliphatic carbocycles. The molecule has 2 aromatic rings. The van der Waals surface area contributed by atoms with E-state index in [1.165, 1.54) is 49.4 Å². The van der Waals surface area contributed by atoms with Gasteiger partial charge in [0.05, 0.1) is 5.75 Å². The van der Waals surface area contributed by atoms with Crippen molar-refractivity contribution in [1.29, 1.82) is 0 Å². The van der Waals surface area contributed by atoms with Crippen LogP contribution in [0.3, 0.4) is 0 Å². The van der Waals surface area contributed by atoms with E-state index in [4.69, 9.17) is 0 Å². The van der Waals surface area contributed by atoms with Gasteiger partial charge < -0.3 is 5.32 Å². The summed E-state index contributed by atoms with van der Waals surface area (Å²) in [6.45, 7) is 1.31. The van der Waals surface area contributed by atoms with Gasteiger partial charge in [0.15, 0.2) is 5.16 Å². The molecule has 0 atom stereocenters. The van der Waals surface area contributed by atoms with Crippen LogP contribution >= 0.6 is 11.8 Å². The van der Waals surface area contributed by atoms with Crippen molar-refractivity contribution in [2.24, 2.45) is 5.92 Å². The molecule has 7 heteroatoms. The average molecular weight is 375 g/mol. The topological polar surface area (TPSA) is 79.8 Å². The molecule has 0 radical (unpaired) electrons. The van der Waals surface area contributed by atoms with Gasteiger partial charge in [-0.3, -0.25) is 9.36 Å². The third kappa shape index (κ3) is 5.49. The van der Waals surface area contributed by atoms with Crippen molar-refractivity contribution in [3.63, 3.8) is 0 Å². The molecule has 6 nitrogen and oxygen atoms in total. The number of rotatable bonds is 8. The fourth-order valence-electron chi connectivity index (χ4n) is 3.33. The number of aromatic amines is 1. The molecule has 1 heterocycles. The minimum Gasteiger partial charge on any atom is -0.355 e. The summed E-state index contributed by atoms with van der Waals surface area (Å²) in [6.07, 6.45) is 7.05. The van der Waals surface area contributed by atoms with Crippen molar-refractivity contribution < 1.29 is 4.79 Å². The van der Waals surface area contributed by atoms with Gasteiger partial charge in [-0.05, 0) is 30.7 Å². The maximum absolute atomic E-state index is 12.1. The number of hydrogen-bond donors (Lipinski definition) is 2. The molecule has 1 aromatic heterocycles. The number of amides is 1. The first-order valence-electron chi connectivity index (χ1n) is 9.31. The van der Waals surface area contributed by atoms with E-state index < -0.39 is 0 Å². The van der Waals surface area contributed by atoms with Gasteiger partial charge in [0.25, 0.3) is 0 Å². The maximum atomic E-state index is 12.1. The number of aromatic nitrogens is 3. The number of aryl methyl sites for hydroxylation is 1. The number of carbonyl (C=O) groups is 1. The van der Waals surface area contributed by atoms with E-state index in [1.807, 2.05) is 30.3 Å². The maximum Gasteiger partial charge on any atom is 0.343 e. The molecule has 0 saturated heterocycles. The van der Waals surface area contributed by atoms with Gasteiger partial charge in [-0.15, -0.1) is 5.10 Å². The van der Waals surface area contributed by atoms with E-state index in [0.717, 1.165) is 13.0 Å². The highest BCUT2D eigenvalue weighted by Crippen LogP contribution is 2.22. The highest BCUT2D eigenvalue weighted by Gasteiger charge is 2.15. The number of carbonyl (C=O) groups excluding carboxylic acids is 1. The van der Waals surface area contributed by atoms with Gasteiger partial charge in [0, 0.05) is 13.1 Å². The van der Waals surface area contributed by atoms with Crippen LogP contribution in [0, 0.1) is 5.92 Å². The van der Waals surface area contributed by atoms with Crippen LogP contribution in [0.2, 0.25) is 0 Å². The summed E-state index contributed by atoms with van der Waals surface area (Å²) in [7, 11) is 0. The largest absolute Gasteiger partial charge is 0.355 e. The summed E-state index contributed by atoms with van der Waals surface area (Å²) in [6, 6.07) is 10.0. The monoisotopic (exact) mass is 374 g/mol. The van der Waals surface area contributed by atoms with Crippen LogP contribution in [0.25, 0.3) is 0 Å². The molecule has 2 N–H and O–H groups in total. The van der Waals surface area contributed by atoms with Gasteiger partial charge in [0.2, 0.25) is 5.91 Å². The standard InChI is InChI=1S/C19H26N4O2S/c24-17(20-13-16-9-5-2-6-10-16)14-26-19-22-21-18(25)23(19)12-11-15-7-3-1-4-8-15/h1,3-4,7-8,16H,2,5-6,9-14H2,(H,20,24)(H,21,25). The average Bonchev–Trinajstić information content (AvgIpc) is 3.04. The van der Waals surface area contributed by atoms with E-state index >= 15 is 0 Å². The first kappa shape index (κ1) is 18.8. The Morgan fingerprint density at radius 2 is 2.00 bits per heavy atom. The summed E-state index contributed by atoms with van der Waals surface area (Å²) < 4.78 is 1.60. The van der Waals surface area contributed by atoms with Crippen molar-refractivity contribution >= 4 is 17.7 Å². The molecule has 0 aliphatic heterocycles. The van der Waals surface area contributed by atoms with Crippen LogP contribution in [0.1, 0.15) is 37.7 Å². The molecule has 1 fully saturated rings. The molecule has 26 heavy (non-hydrogen) atoms. The van der Waals surface area contributed by atoms with Crippen LogP contribution in [0.5, 0.6) is 0 Å². The second-order valence-corrected chi connectivity index (χ2v) is 7.74. The Kier molecular flexibility index (Phi) is 6.94. The first-order chi connectivity index (χ1) is 12.7. The Labute approximate surface area is 157 Å². The van der Waals surface area contributed by atoms with Gasteiger partial charge in [-0.1, -0.05) is 61.4 Å². The summed E-state index contributed by atoms with van der Waals surface area (Å²) in [5, 5.41) is 10.1. The van der Waals surface area contributed by atoms with Crippen molar-refractivity contribution in [1.82, 2.24) is 20.1 Å². The van der Waals surface area contributed by atoms with Crippen LogP contribution in [-0.2, 0) is 17.8 Å². The molecule has 0 bridgehead atoms. The number of thioether (sulfide) groups is 1. The highest BCUT2D eigenvalue weighted by molar-refractivity contribution is 7.99. The van der Waals surface area contributed by atoms with E-state index in [2.05, 4.69) is 15.5 Å². The number of benzene rings is 1. The highest BCUT2D eigenvalue weighted by atomic mass is 32.2. The van der Waals surface area contributed by atoms with Crippen molar-refractivity contribution in [3.05, 3.63) is 46.4 Å². The lowest BCUT2D eigenvalue weighted by Crippen LogP contribution is -2.31.